The maximum absolute atomic E-state index is 12.9. The Morgan fingerprint density at radius 3 is 3.00 bits per heavy atom. The summed E-state index contributed by atoms with van der Waals surface area (Å²) < 4.78 is 12.9. The van der Waals surface area contributed by atoms with E-state index >= 15 is 0 Å². The highest BCUT2D eigenvalue weighted by Gasteiger charge is 2.19. The van der Waals surface area contributed by atoms with Gasteiger partial charge in [0.15, 0.2) is 0 Å². The number of pyridine rings is 1. The van der Waals surface area contributed by atoms with Crippen LogP contribution in [0.25, 0.3) is 0 Å². The average molecular weight is 195 g/mol. The van der Waals surface area contributed by atoms with Gasteiger partial charge in [-0.2, -0.15) is 0 Å². The van der Waals surface area contributed by atoms with Gasteiger partial charge in [0.1, 0.15) is 5.82 Å². The minimum Gasteiger partial charge on any atom is -0.355 e. The summed E-state index contributed by atoms with van der Waals surface area (Å²) in [5, 5.41) is 0. The van der Waals surface area contributed by atoms with Gasteiger partial charge in [-0.3, -0.25) is 4.98 Å². The highest BCUT2D eigenvalue weighted by molar-refractivity contribution is 5.45. The molecule has 0 saturated carbocycles. The Bertz CT molecular complexity index is 316. The lowest BCUT2D eigenvalue weighted by Gasteiger charge is -2.34. The van der Waals surface area contributed by atoms with E-state index in [0.29, 0.717) is 0 Å². The lowest BCUT2D eigenvalue weighted by Crippen LogP contribution is -2.45. The maximum atomic E-state index is 12.9. The van der Waals surface area contributed by atoms with Gasteiger partial charge in [-0.25, -0.2) is 4.39 Å². The molecular formula is C10H14FN3. The molecule has 0 bridgehead atoms. The van der Waals surface area contributed by atoms with Gasteiger partial charge >= 0.3 is 0 Å². The van der Waals surface area contributed by atoms with E-state index in [1.807, 2.05) is 4.90 Å². The lowest BCUT2D eigenvalue weighted by atomic mass is 10.1. The molecule has 1 unspecified atom stereocenters. The van der Waals surface area contributed by atoms with Crippen molar-refractivity contribution in [3.63, 3.8) is 0 Å². The highest BCUT2D eigenvalue weighted by atomic mass is 19.1. The van der Waals surface area contributed by atoms with Crippen LogP contribution in [0.3, 0.4) is 0 Å². The summed E-state index contributed by atoms with van der Waals surface area (Å²) in [4.78, 5) is 5.84. The highest BCUT2D eigenvalue weighted by Crippen LogP contribution is 2.21. The molecule has 2 rings (SSSR count). The summed E-state index contributed by atoms with van der Waals surface area (Å²) in [5.41, 5.74) is 6.73. The van der Waals surface area contributed by atoms with Crippen LogP contribution in [0.5, 0.6) is 0 Å². The Morgan fingerprint density at radius 2 is 2.29 bits per heavy atom. The molecule has 1 aliphatic rings. The smallest absolute Gasteiger partial charge is 0.143 e. The third-order valence-electron chi connectivity index (χ3n) is 2.57. The van der Waals surface area contributed by atoms with E-state index in [4.69, 9.17) is 5.73 Å². The summed E-state index contributed by atoms with van der Waals surface area (Å²) >= 11 is 0. The standard InChI is InChI=1S/C10H14FN3/c11-8-5-9(7-13-6-8)14-4-2-1-3-10(14)12/h5-7,10H,1-4,12H2. The monoisotopic (exact) mass is 195 g/mol. The number of anilines is 1. The van der Waals surface area contributed by atoms with Gasteiger partial charge in [-0.05, 0) is 19.3 Å². The first-order chi connectivity index (χ1) is 6.77. The van der Waals surface area contributed by atoms with Crippen molar-refractivity contribution >= 4 is 5.69 Å². The number of hydrogen-bond donors (Lipinski definition) is 1. The van der Waals surface area contributed by atoms with Crippen LogP contribution in [-0.2, 0) is 0 Å². The van der Waals surface area contributed by atoms with Gasteiger partial charge < -0.3 is 10.6 Å². The molecule has 1 aliphatic heterocycles. The van der Waals surface area contributed by atoms with Crippen LogP contribution in [-0.4, -0.2) is 17.7 Å². The summed E-state index contributed by atoms with van der Waals surface area (Å²) in [6.45, 7) is 0.895. The van der Waals surface area contributed by atoms with Crippen molar-refractivity contribution in [2.45, 2.75) is 25.4 Å². The molecule has 0 aliphatic carbocycles. The Morgan fingerprint density at radius 1 is 1.43 bits per heavy atom. The fourth-order valence-electron chi connectivity index (χ4n) is 1.84. The van der Waals surface area contributed by atoms with Gasteiger partial charge in [0.05, 0.1) is 24.2 Å². The second-order valence-electron chi connectivity index (χ2n) is 3.62. The van der Waals surface area contributed by atoms with Crippen LogP contribution in [0.2, 0.25) is 0 Å². The normalized spacial score (nSPS) is 22.4. The Kier molecular flexibility index (Phi) is 2.63. The predicted octanol–water partition coefficient (Wildman–Crippen LogP) is 1.50. The van der Waals surface area contributed by atoms with Crippen LogP contribution in [0.15, 0.2) is 18.5 Å². The predicted molar refractivity (Wildman–Crippen MR) is 53.4 cm³/mol. The fourth-order valence-corrected chi connectivity index (χ4v) is 1.84. The van der Waals surface area contributed by atoms with E-state index in [1.54, 1.807) is 6.20 Å². The van der Waals surface area contributed by atoms with Crippen molar-refractivity contribution in [2.24, 2.45) is 5.73 Å². The first-order valence-electron chi connectivity index (χ1n) is 4.90. The minimum absolute atomic E-state index is 0.00681. The quantitative estimate of drug-likeness (QED) is 0.738. The van der Waals surface area contributed by atoms with Gasteiger partial charge in [0, 0.05) is 12.6 Å². The summed E-state index contributed by atoms with van der Waals surface area (Å²) in [5.74, 6) is -0.305. The third-order valence-corrected chi connectivity index (χ3v) is 2.57. The number of nitrogens with zero attached hydrogens (tertiary/aromatic N) is 2. The summed E-state index contributed by atoms with van der Waals surface area (Å²) in [7, 11) is 0. The van der Waals surface area contributed by atoms with Gasteiger partial charge in [-0.15, -0.1) is 0 Å². The molecule has 3 nitrogen and oxygen atoms in total. The van der Waals surface area contributed by atoms with Crippen LogP contribution in [0.1, 0.15) is 19.3 Å². The first-order valence-corrected chi connectivity index (χ1v) is 4.90. The largest absolute Gasteiger partial charge is 0.355 e. The molecule has 1 fully saturated rings. The van der Waals surface area contributed by atoms with Gasteiger partial charge in [-0.1, -0.05) is 0 Å². The number of aromatic nitrogens is 1. The Balaban J connectivity index is 2.20. The maximum Gasteiger partial charge on any atom is 0.143 e. The number of nitrogens with two attached hydrogens (primary N) is 1. The molecular weight excluding hydrogens is 181 g/mol. The van der Waals surface area contributed by atoms with Crippen molar-refractivity contribution in [1.82, 2.24) is 4.98 Å². The van der Waals surface area contributed by atoms with E-state index in [1.165, 1.54) is 12.3 Å². The molecule has 0 amide bonds. The second kappa shape index (κ2) is 3.92. The van der Waals surface area contributed by atoms with Crippen molar-refractivity contribution in [3.8, 4) is 0 Å². The molecule has 0 spiro atoms. The second-order valence-corrected chi connectivity index (χ2v) is 3.62. The number of rotatable bonds is 1. The summed E-state index contributed by atoms with van der Waals surface area (Å²) in [6, 6.07) is 1.48. The molecule has 4 heteroatoms. The van der Waals surface area contributed by atoms with E-state index in [2.05, 4.69) is 4.98 Å². The van der Waals surface area contributed by atoms with Crippen LogP contribution >= 0.6 is 0 Å². The summed E-state index contributed by atoms with van der Waals surface area (Å²) in [6.07, 6.45) is 6.11. The van der Waals surface area contributed by atoms with E-state index < -0.39 is 0 Å². The van der Waals surface area contributed by atoms with Crippen molar-refractivity contribution < 1.29 is 4.39 Å². The fraction of sp³-hybridized carbons (Fsp3) is 0.500. The molecule has 2 N–H and O–H groups in total. The van der Waals surface area contributed by atoms with Crippen LogP contribution in [0.4, 0.5) is 10.1 Å². The lowest BCUT2D eigenvalue weighted by molar-refractivity contribution is 0.468. The molecule has 0 aromatic carbocycles. The number of halogens is 1. The zero-order valence-corrected chi connectivity index (χ0v) is 7.99. The topological polar surface area (TPSA) is 42.1 Å². The molecule has 1 atom stereocenters. The van der Waals surface area contributed by atoms with Crippen LogP contribution < -0.4 is 10.6 Å². The zero-order valence-electron chi connectivity index (χ0n) is 7.99. The molecule has 2 heterocycles. The zero-order chi connectivity index (χ0) is 9.97. The van der Waals surface area contributed by atoms with E-state index in [0.717, 1.165) is 31.5 Å². The molecule has 1 aromatic heterocycles. The Hall–Kier alpha value is -1.16. The first kappa shape index (κ1) is 9.40. The van der Waals surface area contributed by atoms with E-state index in [9.17, 15) is 4.39 Å². The van der Waals surface area contributed by atoms with Gasteiger partial charge in [0.25, 0.3) is 0 Å². The molecule has 1 aromatic rings. The number of hydrogen-bond acceptors (Lipinski definition) is 3. The molecule has 1 saturated heterocycles. The van der Waals surface area contributed by atoms with Crippen molar-refractivity contribution in [3.05, 3.63) is 24.3 Å². The van der Waals surface area contributed by atoms with Crippen molar-refractivity contribution in [1.29, 1.82) is 0 Å². The van der Waals surface area contributed by atoms with Crippen molar-refractivity contribution in [2.75, 3.05) is 11.4 Å². The minimum atomic E-state index is -0.305. The molecule has 14 heavy (non-hydrogen) atoms. The third kappa shape index (κ3) is 1.85. The average Bonchev–Trinajstić information content (AvgIpc) is 2.18. The van der Waals surface area contributed by atoms with E-state index in [-0.39, 0.29) is 12.0 Å². The Labute approximate surface area is 82.7 Å². The van der Waals surface area contributed by atoms with Gasteiger partial charge in [0.2, 0.25) is 0 Å². The molecule has 0 radical (unpaired) electrons. The SMILES string of the molecule is NC1CCCCN1c1cncc(F)c1. The number of piperidine rings is 1. The van der Waals surface area contributed by atoms with Crippen LogP contribution in [0, 0.1) is 5.82 Å². The molecule has 76 valence electrons.